The zero-order chi connectivity index (χ0) is 17.7. The lowest BCUT2D eigenvalue weighted by Crippen LogP contribution is -2.62. The second-order valence-electron chi connectivity index (χ2n) is 6.14. The number of amides is 3. The van der Waals surface area contributed by atoms with Gasteiger partial charge in [-0.25, -0.2) is 14.3 Å². The number of benzene rings is 1. The van der Waals surface area contributed by atoms with Crippen molar-refractivity contribution in [3.05, 3.63) is 24.3 Å². The average Bonchev–Trinajstić information content (AvgIpc) is 3.19. The zero-order valence-corrected chi connectivity index (χ0v) is 14.5. The van der Waals surface area contributed by atoms with Crippen LogP contribution in [-0.4, -0.2) is 77.9 Å². The van der Waals surface area contributed by atoms with Gasteiger partial charge >= 0.3 is 12.0 Å². The Labute approximate surface area is 145 Å². The first-order valence-corrected chi connectivity index (χ1v) is 8.29. The van der Waals surface area contributed by atoms with Crippen molar-refractivity contribution in [1.29, 1.82) is 0 Å². The molecule has 1 aromatic rings. The van der Waals surface area contributed by atoms with E-state index in [1.807, 2.05) is 28.8 Å². The second kappa shape index (κ2) is 5.58. The minimum Gasteiger partial charge on any atom is -0.497 e. The van der Waals surface area contributed by atoms with E-state index in [2.05, 4.69) is 9.89 Å². The number of urea groups is 1. The summed E-state index contributed by atoms with van der Waals surface area (Å²) >= 11 is 0. The van der Waals surface area contributed by atoms with Crippen LogP contribution in [0.3, 0.4) is 0 Å². The predicted octanol–water partition coefficient (Wildman–Crippen LogP) is 0.578. The molecular formula is C17H20N5O3+. The number of hydrogen-bond acceptors (Lipinski definition) is 5. The number of likely N-dealkylation sites (N-methyl/N-ethyl adjacent to an activating group) is 2. The number of nitrogens with zero attached hydrogens (tertiary/aromatic N) is 5. The molecule has 130 valence electrons. The number of carbonyl (C=O) groups excluding carboxylic acids is 2. The van der Waals surface area contributed by atoms with Crippen molar-refractivity contribution in [2.45, 2.75) is 13.0 Å². The highest BCUT2D eigenvalue weighted by Gasteiger charge is 2.55. The van der Waals surface area contributed by atoms with Gasteiger partial charge in [0.2, 0.25) is 11.9 Å². The van der Waals surface area contributed by atoms with E-state index in [1.54, 1.807) is 21.1 Å². The number of methoxy groups -OCH3 is 1. The van der Waals surface area contributed by atoms with Gasteiger partial charge in [-0.05, 0) is 19.1 Å². The molecule has 3 amide bonds. The van der Waals surface area contributed by atoms with Crippen LogP contribution >= 0.6 is 0 Å². The Morgan fingerprint density at radius 1 is 1.36 bits per heavy atom. The number of aliphatic imine (C=N–C) groups is 1. The van der Waals surface area contributed by atoms with Crippen molar-refractivity contribution in [1.82, 2.24) is 9.80 Å². The summed E-state index contributed by atoms with van der Waals surface area (Å²) < 4.78 is 7.27. The van der Waals surface area contributed by atoms with Gasteiger partial charge in [-0.3, -0.25) is 14.6 Å². The van der Waals surface area contributed by atoms with E-state index in [9.17, 15) is 9.59 Å². The minimum atomic E-state index is -0.520. The molecule has 1 unspecified atom stereocenters. The Balaban J connectivity index is 1.74. The zero-order valence-electron chi connectivity index (χ0n) is 14.5. The highest BCUT2D eigenvalue weighted by Crippen LogP contribution is 2.28. The van der Waals surface area contributed by atoms with E-state index in [1.165, 1.54) is 9.80 Å². The Bertz CT molecular complexity index is 831. The Hall–Kier alpha value is -2.90. The van der Waals surface area contributed by atoms with Crippen molar-refractivity contribution in [3.63, 3.8) is 0 Å². The highest BCUT2D eigenvalue weighted by molar-refractivity contribution is 6.24. The van der Waals surface area contributed by atoms with Gasteiger partial charge in [-0.1, -0.05) is 11.1 Å². The van der Waals surface area contributed by atoms with Crippen molar-refractivity contribution >= 4 is 29.4 Å². The van der Waals surface area contributed by atoms with Crippen LogP contribution in [0.5, 0.6) is 5.75 Å². The summed E-state index contributed by atoms with van der Waals surface area (Å²) in [5, 5.41) is 0. The summed E-state index contributed by atoms with van der Waals surface area (Å²) in [6.07, 6.45) is 0. The van der Waals surface area contributed by atoms with Crippen LogP contribution in [0, 0.1) is 0 Å². The van der Waals surface area contributed by atoms with Gasteiger partial charge in [0.25, 0.3) is 5.91 Å². The predicted molar refractivity (Wildman–Crippen MR) is 92.2 cm³/mol. The molecule has 1 atom stereocenters. The van der Waals surface area contributed by atoms with E-state index >= 15 is 0 Å². The van der Waals surface area contributed by atoms with Crippen LogP contribution in [0.25, 0.3) is 0 Å². The maximum atomic E-state index is 12.8. The number of ether oxygens (including phenoxy) is 1. The maximum Gasteiger partial charge on any atom is 0.397 e. The lowest BCUT2D eigenvalue weighted by atomic mass is 10.1. The molecule has 3 heterocycles. The number of carbonyl (C=O) groups is 2. The molecule has 1 aromatic carbocycles. The van der Waals surface area contributed by atoms with Gasteiger partial charge in [0.05, 0.1) is 13.7 Å². The fourth-order valence-corrected chi connectivity index (χ4v) is 3.57. The number of hydrogen-bond donors (Lipinski definition) is 0. The normalized spacial score (nSPS) is 22.4. The molecule has 4 rings (SSSR count). The molecular weight excluding hydrogens is 322 g/mol. The number of amidine groups is 1. The lowest BCUT2D eigenvalue weighted by Gasteiger charge is -2.33. The number of rotatable bonds is 3. The Morgan fingerprint density at radius 3 is 2.88 bits per heavy atom. The Kier molecular flexibility index (Phi) is 3.48. The van der Waals surface area contributed by atoms with E-state index in [0.717, 1.165) is 18.0 Å². The number of fused-ring (bicyclic) bond motifs is 2. The summed E-state index contributed by atoms with van der Waals surface area (Å²) in [5.41, 5.74) is 0.952. The molecule has 0 bridgehead atoms. The van der Waals surface area contributed by atoms with Crippen molar-refractivity contribution in [2.75, 3.05) is 38.7 Å². The summed E-state index contributed by atoms with van der Waals surface area (Å²) in [5.74, 6) is 1.77. The van der Waals surface area contributed by atoms with Crippen LogP contribution in [0.15, 0.2) is 29.3 Å². The van der Waals surface area contributed by atoms with Gasteiger partial charge in [-0.15, -0.1) is 0 Å². The lowest BCUT2D eigenvalue weighted by molar-refractivity contribution is -0.525. The smallest absolute Gasteiger partial charge is 0.397 e. The monoisotopic (exact) mass is 342 g/mol. The van der Waals surface area contributed by atoms with E-state index in [4.69, 9.17) is 4.74 Å². The number of guanidine groups is 1. The molecule has 0 aromatic heterocycles. The molecule has 0 radical (unpaired) electrons. The van der Waals surface area contributed by atoms with Crippen molar-refractivity contribution in [2.24, 2.45) is 4.99 Å². The van der Waals surface area contributed by atoms with E-state index in [-0.39, 0.29) is 11.9 Å². The van der Waals surface area contributed by atoms with Crippen LogP contribution in [0.2, 0.25) is 0 Å². The van der Waals surface area contributed by atoms with Crippen molar-refractivity contribution < 1.29 is 18.9 Å². The Morgan fingerprint density at radius 2 is 2.16 bits per heavy atom. The average molecular weight is 342 g/mol. The molecule has 1 saturated heterocycles. The van der Waals surface area contributed by atoms with Gasteiger partial charge in [0.1, 0.15) is 18.0 Å². The molecule has 8 heteroatoms. The molecule has 0 aliphatic carbocycles. The first kappa shape index (κ1) is 15.6. The largest absolute Gasteiger partial charge is 0.497 e. The molecule has 0 spiro atoms. The van der Waals surface area contributed by atoms with Crippen molar-refractivity contribution in [3.8, 4) is 5.75 Å². The summed E-state index contributed by atoms with van der Waals surface area (Å²) in [6, 6.07) is 6.89. The topological polar surface area (TPSA) is 68.5 Å². The van der Waals surface area contributed by atoms with Crippen LogP contribution in [0.1, 0.15) is 6.92 Å². The molecule has 8 nitrogen and oxygen atoms in total. The fraction of sp³-hybridized carbons (Fsp3) is 0.412. The SMILES string of the molecule is CCN1C(=O)C2C(=NC3=[N+]2CCN3c2cccc(OC)c2)N(C)C1=O. The van der Waals surface area contributed by atoms with Crippen LogP contribution < -0.4 is 9.64 Å². The second-order valence-corrected chi connectivity index (χ2v) is 6.14. The maximum absolute atomic E-state index is 12.8. The van der Waals surface area contributed by atoms with Crippen LogP contribution in [-0.2, 0) is 4.79 Å². The first-order chi connectivity index (χ1) is 12.1. The fourth-order valence-electron chi connectivity index (χ4n) is 3.57. The standard InChI is InChI=1S/C17H20N5O3/c1-4-20-15(23)13-14(19(2)17(20)24)18-16-21(8-9-22(13)16)11-6-5-7-12(10-11)25-3/h5-7,10,13H,4,8-9H2,1-3H3/q+1. The summed E-state index contributed by atoms with van der Waals surface area (Å²) in [4.78, 5) is 34.6. The summed E-state index contributed by atoms with van der Waals surface area (Å²) in [7, 11) is 3.30. The quantitative estimate of drug-likeness (QED) is 0.754. The van der Waals surface area contributed by atoms with E-state index < -0.39 is 6.04 Å². The van der Waals surface area contributed by atoms with Gasteiger partial charge in [-0.2, -0.15) is 0 Å². The molecule has 0 saturated carbocycles. The molecule has 0 N–H and O–H groups in total. The van der Waals surface area contributed by atoms with Gasteiger partial charge in [0, 0.05) is 19.7 Å². The molecule has 1 fully saturated rings. The third kappa shape index (κ3) is 2.13. The minimum absolute atomic E-state index is 0.202. The molecule has 3 aliphatic heterocycles. The number of imide groups is 1. The van der Waals surface area contributed by atoms with Crippen LogP contribution in [0.4, 0.5) is 10.5 Å². The third-order valence-corrected chi connectivity index (χ3v) is 4.88. The molecule has 3 aliphatic rings. The van der Waals surface area contributed by atoms with Gasteiger partial charge in [0.15, 0.2) is 0 Å². The third-order valence-electron chi connectivity index (χ3n) is 4.88. The van der Waals surface area contributed by atoms with Gasteiger partial charge < -0.3 is 4.74 Å². The highest BCUT2D eigenvalue weighted by atomic mass is 16.5. The van der Waals surface area contributed by atoms with E-state index in [0.29, 0.717) is 24.9 Å². The number of anilines is 1. The first-order valence-electron chi connectivity index (χ1n) is 8.29. The summed E-state index contributed by atoms with van der Waals surface area (Å²) in [6.45, 7) is 3.56. The molecule has 25 heavy (non-hydrogen) atoms.